The number of likely N-dealkylation sites (tertiary alicyclic amines) is 1. The second-order valence-corrected chi connectivity index (χ2v) is 13.7. The molecule has 5 rings (SSSR count). The largest absolute Gasteiger partial charge is 0.493 e. The summed E-state index contributed by atoms with van der Waals surface area (Å²) in [5, 5.41) is 41.3. The number of nitrogens with zero attached hydrogens (tertiary/aromatic N) is 3. The highest BCUT2D eigenvalue weighted by Gasteiger charge is 2.19. The van der Waals surface area contributed by atoms with E-state index in [4.69, 9.17) is 25.8 Å². The molecule has 0 bridgehead atoms. The maximum absolute atomic E-state index is 9.55. The van der Waals surface area contributed by atoms with Crippen LogP contribution in [0.4, 0.5) is 0 Å². The van der Waals surface area contributed by atoms with Gasteiger partial charge in [0.2, 0.25) is 0 Å². The monoisotopic (exact) mass is 728 g/mol. The van der Waals surface area contributed by atoms with Crippen LogP contribution in [-0.4, -0.2) is 77.3 Å². The van der Waals surface area contributed by atoms with E-state index >= 15 is 0 Å². The number of pyridine rings is 1. The lowest BCUT2D eigenvalue weighted by atomic mass is 9.93. The zero-order valence-electron chi connectivity index (χ0n) is 30.0. The SMILES string of the molecule is Cc1c(COc2cc(OCc3cncc(C#N)c3)c(CNC(CO)CO)cc2Cl)cccc1-c1cccc(OCCCN2CCC(CO)CC2)c1C. The van der Waals surface area contributed by atoms with Gasteiger partial charge in [-0.3, -0.25) is 4.98 Å². The second kappa shape index (κ2) is 19.6. The van der Waals surface area contributed by atoms with Gasteiger partial charge in [0, 0.05) is 49.3 Å². The van der Waals surface area contributed by atoms with Gasteiger partial charge in [0.25, 0.3) is 0 Å². The fourth-order valence-corrected chi connectivity index (χ4v) is 6.64. The number of rotatable bonds is 18. The van der Waals surface area contributed by atoms with E-state index in [0.29, 0.717) is 46.8 Å². The van der Waals surface area contributed by atoms with Gasteiger partial charge in [-0.1, -0.05) is 41.9 Å². The summed E-state index contributed by atoms with van der Waals surface area (Å²) in [4.78, 5) is 6.58. The van der Waals surface area contributed by atoms with Crippen molar-refractivity contribution in [2.45, 2.75) is 58.9 Å². The third kappa shape index (κ3) is 10.4. The van der Waals surface area contributed by atoms with Gasteiger partial charge in [-0.05, 0) is 98.1 Å². The molecule has 1 aliphatic heterocycles. The Morgan fingerprint density at radius 1 is 0.885 bits per heavy atom. The van der Waals surface area contributed by atoms with Crippen molar-refractivity contribution in [2.75, 3.05) is 46.1 Å². The molecule has 4 N–H and O–H groups in total. The van der Waals surface area contributed by atoms with Crippen molar-refractivity contribution in [3.05, 3.63) is 105 Å². The second-order valence-electron chi connectivity index (χ2n) is 13.3. The van der Waals surface area contributed by atoms with Crippen LogP contribution in [0, 0.1) is 31.1 Å². The number of hydrogen-bond donors (Lipinski definition) is 4. The van der Waals surface area contributed by atoms with Crippen LogP contribution in [0.3, 0.4) is 0 Å². The van der Waals surface area contributed by atoms with E-state index < -0.39 is 6.04 Å². The number of aliphatic hydroxyl groups excluding tert-OH is 3. The minimum Gasteiger partial charge on any atom is -0.493 e. The Kier molecular flexibility index (Phi) is 14.7. The van der Waals surface area contributed by atoms with Crippen LogP contribution in [0.2, 0.25) is 5.02 Å². The van der Waals surface area contributed by atoms with Crippen molar-refractivity contribution >= 4 is 11.6 Å². The van der Waals surface area contributed by atoms with E-state index in [0.717, 1.165) is 78.0 Å². The van der Waals surface area contributed by atoms with Gasteiger partial charge >= 0.3 is 0 Å². The molecule has 4 aromatic rings. The molecule has 1 aliphatic rings. The number of ether oxygens (including phenoxy) is 3. The molecule has 0 atom stereocenters. The molecule has 0 radical (unpaired) electrons. The molecule has 1 saturated heterocycles. The van der Waals surface area contributed by atoms with Crippen molar-refractivity contribution in [1.82, 2.24) is 15.2 Å². The van der Waals surface area contributed by atoms with Gasteiger partial charge in [0.1, 0.15) is 36.5 Å². The zero-order chi connectivity index (χ0) is 36.9. The van der Waals surface area contributed by atoms with Crippen LogP contribution in [0.25, 0.3) is 11.1 Å². The Hall–Kier alpha value is -4.21. The minimum absolute atomic E-state index is 0.160. The predicted molar refractivity (Wildman–Crippen MR) is 202 cm³/mol. The first-order valence-corrected chi connectivity index (χ1v) is 18.2. The number of nitriles is 1. The van der Waals surface area contributed by atoms with E-state index in [1.54, 1.807) is 24.4 Å². The number of hydrogen-bond acceptors (Lipinski definition) is 10. The highest BCUT2D eigenvalue weighted by atomic mass is 35.5. The number of benzene rings is 3. The zero-order valence-corrected chi connectivity index (χ0v) is 30.7. The van der Waals surface area contributed by atoms with E-state index in [1.165, 1.54) is 6.20 Å². The summed E-state index contributed by atoms with van der Waals surface area (Å²) >= 11 is 6.74. The summed E-state index contributed by atoms with van der Waals surface area (Å²) in [7, 11) is 0. The Bertz CT molecular complexity index is 1800. The summed E-state index contributed by atoms with van der Waals surface area (Å²) in [5.74, 6) is 2.28. The first-order chi connectivity index (χ1) is 25.3. The van der Waals surface area contributed by atoms with Gasteiger partial charge in [0.15, 0.2) is 0 Å². The Morgan fingerprint density at radius 2 is 1.62 bits per heavy atom. The summed E-state index contributed by atoms with van der Waals surface area (Å²) in [5.41, 5.74) is 7.26. The van der Waals surface area contributed by atoms with Crippen LogP contribution in [-0.2, 0) is 19.8 Å². The maximum atomic E-state index is 9.55. The molecule has 52 heavy (non-hydrogen) atoms. The lowest BCUT2D eigenvalue weighted by Crippen LogP contribution is -2.35. The summed E-state index contributed by atoms with van der Waals surface area (Å²) < 4.78 is 18.8. The summed E-state index contributed by atoms with van der Waals surface area (Å²) in [6.45, 7) is 8.46. The molecule has 2 heterocycles. The summed E-state index contributed by atoms with van der Waals surface area (Å²) in [6, 6.07) is 19.2. The Balaban J connectivity index is 1.27. The fraction of sp³-hybridized carbons (Fsp3) is 0.415. The average molecular weight is 729 g/mol. The molecular weight excluding hydrogens is 680 g/mol. The fourth-order valence-electron chi connectivity index (χ4n) is 6.40. The Morgan fingerprint density at radius 3 is 2.35 bits per heavy atom. The van der Waals surface area contributed by atoms with Crippen LogP contribution in [0.1, 0.15) is 52.6 Å². The van der Waals surface area contributed by atoms with Crippen molar-refractivity contribution in [3.8, 4) is 34.4 Å². The number of nitrogens with one attached hydrogen (secondary N) is 1. The average Bonchev–Trinajstić information content (AvgIpc) is 3.17. The first-order valence-electron chi connectivity index (χ1n) is 17.8. The van der Waals surface area contributed by atoms with E-state index in [-0.39, 0.29) is 33.0 Å². The van der Waals surface area contributed by atoms with Crippen LogP contribution >= 0.6 is 11.6 Å². The molecule has 10 nitrogen and oxygen atoms in total. The molecule has 1 aromatic heterocycles. The normalized spacial score (nSPS) is 13.7. The smallest absolute Gasteiger partial charge is 0.142 e. The highest BCUT2D eigenvalue weighted by Crippen LogP contribution is 2.36. The van der Waals surface area contributed by atoms with Gasteiger partial charge in [0.05, 0.1) is 36.4 Å². The molecule has 0 amide bonds. The standard InChI is InChI=1S/C41H49ClN4O6/c1-28-33(6-3-7-36(28)37-8-4-9-39(29(37)2)50-15-5-12-46-13-10-30(23-47)11-14-46)27-52-41-18-40(51-26-32-16-31(19-43)20-44-21-32)34(17-38(41)42)22-45-35(24-48)25-49/h3-4,6-9,16-18,20-21,30,35,45,47-49H,5,10-15,22-27H2,1-2H3. The van der Waals surface area contributed by atoms with Crippen molar-refractivity contribution in [3.63, 3.8) is 0 Å². The van der Waals surface area contributed by atoms with Crippen LogP contribution in [0.15, 0.2) is 67.0 Å². The highest BCUT2D eigenvalue weighted by molar-refractivity contribution is 6.32. The van der Waals surface area contributed by atoms with Gasteiger partial charge in [-0.15, -0.1) is 0 Å². The Labute approximate surface area is 311 Å². The predicted octanol–water partition coefficient (Wildman–Crippen LogP) is 5.96. The number of piperidine rings is 1. The topological polar surface area (TPSA) is 140 Å². The van der Waals surface area contributed by atoms with Crippen molar-refractivity contribution in [1.29, 1.82) is 5.26 Å². The molecule has 0 saturated carbocycles. The molecular formula is C41H49ClN4O6. The van der Waals surface area contributed by atoms with Crippen molar-refractivity contribution < 1.29 is 29.5 Å². The molecule has 276 valence electrons. The number of aromatic nitrogens is 1. The van der Waals surface area contributed by atoms with Gasteiger partial charge in [-0.2, -0.15) is 5.26 Å². The summed E-state index contributed by atoms with van der Waals surface area (Å²) in [6.07, 6.45) is 6.21. The molecule has 11 heteroatoms. The third-order valence-corrected chi connectivity index (χ3v) is 10.00. The quantitative estimate of drug-likeness (QED) is 0.0907. The lowest BCUT2D eigenvalue weighted by molar-refractivity contribution is 0.126. The lowest BCUT2D eigenvalue weighted by Gasteiger charge is -2.30. The maximum Gasteiger partial charge on any atom is 0.142 e. The first kappa shape index (κ1) is 39.0. The minimum atomic E-state index is -0.503. The van der Waals surface area contributed by atoms with Crippen molar-refractivity contribution in [2.24, 2.45) is 5.92 Å². The van der Waals surface area contributed by atoms with Gasteiger partial charge in [-0.25, -0.2) is 0 Å². The molecule has 0 spiro atoms. The van der Waals surface area contributed by atoms with E-state index in [2.05, 4.69) is 47.3 Å². The van der Waals surface area contributed by atoms with Crippen LogP contribution < -0.4 is 19.5 Å². The van der Waals surface area contributed by atoms with Gasteiger partial charge < -0.3 is 39.7 Å². The van der Waals surface area contributed by atoms with Crippen LogP contribution in [0.5, 0.6) is 17.2 Å². The van der Waals surface area contributed by atoms with E-state index in [1.807, 2.05) is 24.3 Å². The third-order valence-electron chi connectivity index (χ3n) is 9.70. The molecule has 0 unspecified atom stereocenters. The number of halogens is 1. The molecule has 3 aromatic carbocycles. The number of aliphatic hydroxyl groups is 3. The molecule has 1 fully saturated rings. The van der Waals surface area contributed by atoms with E-state index in [9.17, 15) is 20.6 Å². The molecule has 0 aliphatic carbocycles.